The number of aliphatic imine (C=N–C) groups is 1. The van der Waals surface area contributed by atoms with E-state index in [4.69, 9.17) is 9.73 Å². The second-order valence-corrected chi connectivity index (χ2v) is 7.65. The molecule has 0 saturated carbocycles. The number of hydrogen-bond donors (Lipinski definition) is 2. The van der Waals surface area contributed by atoms with Crippen molar-refractivity contribution in [3.05, 3.63) is 35.5 Å². The summed E-state index contributed by atoms with van der Waals surface area (Å²) < 4.78 is 7.58. The first-order valence-corrected chi connectivity index (χ1v) is 10.6. The van der Waals surface area contributed by atoms with Crippen molar-refractivity contribution in [1.82, 2.24) is 30.4 Å². The molecule has 3 heterocycles. The number of ether oxygens (including phenoxy) is 1. The van der Waals surface area contributed by atoms with Crippen LogP contribution in [0.3, 0.4) is 0 Å². The molecule has 2 N–H and O–H groups in total. The predicted molar refractivity (Wildman–Crippen MR) is 114 cm³/mol. The van der Waals surface area contributed by atoms with Crippen molar-refractivity contribution in [3.8, 4) is 5.88 Å². The van der Waals surface area contributed by atoms with Gasteiger partial charge in [0.15, 0.2) is 11.8 Å². The van der Waals surface area contributed by atoms with E-state index in [1.807, 2.05) is 23.0 Å². The fourth-order valence-electron chi connectivity index (χ4n) is 3.17. The lowest BCUT2D eigenvalue weighted by Gasteiger charge is -2.25. The second kappa shape index (κ2) is 10.2. The molecular weight excluding hydrogens is 366 g/mol. The molecule has 0 amide bonds. The molecule has 0 radical (unpaired) electrons. The van der Waals surface area contributed by atoms with Gasteiger partial charge < -0.3 is 15.4 Å². The summed E-state index contributed by atoms with van der Waals surface area (Å²) in [6, 6.07) is 4.20. The third-order valence-electron chi connectivity index (χ3n) is 4.75. The molecule has 2 aromatic rings. The SMILES string of the molecule is CCCOc1ccc(CN=C(NCC)NC2CCc3nc(C(C)C)nn3C2)cn1. The molecule has 1 unspecified atom stereocenters. The van der Waals surface area contributed by atoms with Crippen molar-refractivity contribution in [2.75, 3.05) is 13.2 Å². The number of rotatable bonds is 8. The van der Waals surface area contributed by atoms with Crippen LogP contribution in [0.1, 0.15) is 63.7 Å². The van der Waals surface area contributed by atoms with Crippen LogP contribution >= 0.6 is 0 Å². The van der Waals surface area contributed by atoms with Gasteiger partial charge in [-0.05, 0) is 25.3 Å². The van der Waals surface area contributed by atoms with Crippen LogP contribution < -0.4 is 15.4 Å². The quantitative estimate of drug-likeness (QED) is 0.524. The summed E-state index contributed by atoms with van der Waals surface area (Å²) in [7, 11) is 0. The smallest absolute Gasteiger partial charge is 0.213 e. The molecule has 0 bridgehead atoms. The van der Waals surface area contributed by atoms with Gasteiger partial charge in [-0.1, -0.05) is 26.8 Å². The molecule has 1 aliphatic heterocycles. The zero-order chi connectivity index (χ0) is 20.6. The van der Waals surface area contributed by atoms with Gasteiger partial charge in [0.1, 0.15) is 5.82 Å². The second-order valence-electron chi connectivity index (χ2n) is 7.65. The summed E-state index contributed by atoms with van der Waals surface area (Å²) in [5, 5.41) is 11.5. The Hall–Kier alpha value is -2.64. The van der Waals surface area contributed by atoms with Crippen molar-refractivity contribution in [2.24, 2.45) is 4.99 Å². The first kappa shape index (κ1) is 21.1. The van der Waals surface area contributed by atoms with E-state index in [1.165, 1.54) is 0 Å². The van der Waals surface area contributed by atoms with E-state index in [-0.39, 0.29) is 6.04 Å². The molecule has 0 saturated heterocycles. The average Bonchev–Trinajstić information content (AvgIpc) is 3.15. The van der Waals surface area contributed by atoms with Gasteiger partial charge >= 0.3 is 0 Å². The Morgan fingerprint density at radius 3 is 2.90 bits per heavy atom. The Kier molecular flexibility index (Phi) is 7.43. The van der Waals surface area contributed by atoms with Gasteiger partial charge in [-0.25, -0.2) is 19.6 Å². The molecule has 158 valence electrons. The first-order chi connectivity index (χ1) is 14.1. The molecule has 0 spiro atoms. The number of aryl methyl sites for hydroxylation is 1. The number of aromatic nitrogens is 4. The fourth-order valence-corrected chi connectivity index (χ4v) is 3.17. The van der Waals surface area contributed by atoms with Gasteiger partial charge in [-0.3, -0.25) is 0 Å². The lowest BCUT2D eigenvalue weighted by molar-refractivity contribution is 0.305. The normalized spacial score (nSPS) is 16.6. The highest BCUT2D eigenvalue weighted by Crippen LogP contribution is 2.17. The maximum absolute atomic E-state index is 5.53. The monoisotopic (exact) mass is 399 g/mol. The van der Waals surface area contributed by atoms with Crippen LogP contribution in [0.4, 0.5) is 0 Å². The first-order valence-electron chi connectivity index (χ1n) is 10.6. The van der Waals surface area contributed by atoms with Crippen molar-refractivity contribution >= 4 is 5.96 Å². The summed E-state index contributed by atoms with van der Waals surface area (Å²) in [6.45, 7) is 11.3. The fraction of sp³-hybridized carbons (Fsp3) is 0.619. The van der Waals surface area contributed by atoms with Gasteiger partial charge in [0.2, 0.25) is 5.88 Å². The minimum Gasteiger partial charge on any atom is -0.478 e. The van der Waals surface area contributed by atoms with Crippen LogP contribution in [0, 0.1) is 0 Å². The zero-order valence-corrected chi connectivity index (χ0v) is 18.0. The zero-order valence-electron chi connectivity index (χ0n) is 18.0. The summed E-state index contributed by atoms with van der Waals surface area (Å²) in [5.74, 6) is 3.85. The largest absolute Gasteiger partial charge is 0.478 e. The number of guanidine groups is 1. The van der Waals surface area contributed by atoms with Crippen LogP contribution in [-0.4, -0.2) is 44.9 Å². The van der Waals surface area contributed by atoms with Crippen LogP contribution in [0.25, 0.3) is 0 Å². The molecule has 0 aliphatic carbocycles. The van der Waals surface area contributed by atoms with Gasteiger partial charge in [0, 0.05) is 37.2 Å². The highest BCUT2D eigenvalue weighted by atomic mass is 16.5. The van der Waals surface area contributed by atoms with E-state index in [1.54, 1.807) is 0 Å². The number of fused-ring (bicyclic) bond motifs is 1. The number of nitrogens with zero attached hydrogens (tertiary/aromatic N) is 5. The van der Waals surface area contributed by atoms with Crippen molar-refractivity contribution in [3.63, 3.8) is 0 Å². The molecule has 1 atom stereocenters. The summed E-state index contributed by atoms with van der Waals surface area (Å²) >= 11 is 0. The van der Waals surface area contributed by atoms with E-state index in [0.29, 0.717) is 24.9 Å². The lowest BCUT2D eigenvalue weighted by atomic mass is 10.1. The van der Waals surface area contributed by atoms with Gasteiger partial charge in [0.25, 0.3) is 0 Å². The van der Waals surface area contributed by atoms with Crippen LogP contribution in [0.2, 0.25) is 0 Å². The topological polar surface area (TPSA) is 89.3 Å². The van der Waals surface area contributed by atoms with E-state index < -0.39 is 0 Å². The van der Waals surface area contributed by atoms with Gasteiger partial charge in [0.05, 0.1) is 19.7 Å². The Morgan fingerprint density at radius 1 is 1.34 bits per heavy atom. The molecule has 8 nitrogen and oxygen atoms in total. The molecule has 0 fully saturated rings. The van der Waals surface area contributed by atoms with E-state index in [9.17, 15) is 0 Å². The Labute approximate surface area is 173 Å². The molecule has 3 rings (SSSR count). The molecule has 1 aliphatic rings. The Bertz CT molecular complexity index is 798. The molecule has 2 aromatic heterocycles. The molecular formula is C21H33N7O. The van der Waals surface area contributed by atoms with E-state index in [0.717, 1.165) is 55.5 Å². The Morgan fingerprint density at radius 2 is 2.21 bits per heavy atom. The van der Waals surface area contributed by atoms with Crippen molar-refractivity contribution in [1.29, 1.82) is 0 Å². The van der Waals surface area contributed by atoms with E-state index in [2.05, 4.69) is 53.4 Å². The van der Waals surface area contributed by atoms with E-state index >= 15 is 0 Å². The summed E-state index contributed by atoms with van der Waals surface area (Å²) in [5.41, 5.74) is 1.05. The standard InChI is InChI=1S/C21H33N7O/c1-5-11-29-19-10-7-16(12-23-19)13-24-21(22-6-2)25-17-8-9-18-26-20(15(3)4)27-28(18)14-17/h7,10,12,15,17H,5-6,8-9,11,13-14H2,1-4H3,(H2,22,24,25). The highest BCUT2D eigenvalue weighted by Gasteiger charge is 2.23. The van der Waals surface area contributed by atoms with Crippen LogP contribution in [0.15, 0.2) is 23.3 Å². The number of nitrogens with one attached hydrogen (secondary N) is 2. The van der Waals surface area contributed by atoms with Crippen molar-refractivity contribution < 1.29 is 4.74 Å². The predicted octanol–water partition coefficient (Wildman–Crippen LogP) is 2.66. The minimum atomic E-state index is 0.282. The number of hydrogen-bond acceptors (Lipinski definition) is 5. The van der Waals surface area contributed by atoms with Gasteiger partial charge in [-0.2, -0.15) is 5.10 Å². The Balaban J connectivity index is 1.59. The minimum absolute atomic E-state index is 0.282. The molecule has 0 aromatic carbocycles. The lowest BCUT2D eigenvalue weighted by Crippen LogP contribution is -2.47. The summed E-state index contributed by atoms with van der Waals surface area (Å²) in [4.78, 5) is 13.7. The maximum atomic E-state index is 5.53. The third kappa shape index (κ3) is 5.92. The molecule has 29 heavy (non-hydrogen) atoms. The third-order valence-corrected chi connectivity index (χ3v) is 4.75. The molecule has 8 heteroatoms. The van der Waals surface area contributed by atoms with Gasteiger partial charge in [-0.15, -0.1) is 0 Å². The average molecular weight is 400 g/mol. The van der Waals surface area contributed by atoms with Crippen LogP contribution in [-0.2, 0) is 19.5 Å². The van der Waals surface area contributed by atoms with Crippen molar-refractivity contribution in [2.45, 2.75) is 72.0 Å². The highest BCUT2D eigenvalue weighted by molar-refractivity contribution is 5.80. The maximum Gasteiger partial charge on any atom is 0.213 e. The summed E-state index contributed by atoms with van der Waals surface area (Å²) in [6.07, 6.45) is 4.75. The van der Waals surface area contributed by atoms with Crippen LogP contribution in [0.5, 0.6) is 5.88 Å². The number of pyridine rings is 1.